The molecule has 1 fully saturated rings. The Labute approximate surface area is 187 Å². The van der Waals surface area contributed by atoms with Gasteiger partial charge in [0, 0.05) is 0 Å². The van der Waals surface area contributed by atoms with Gasteiger partial charge in [-0.05, 0) is 16.7 Å². The van der Waals surface area contributed by atoms with E-state index in [1.807, 2.05) is 91.0 Å². The second-order valence-corrected chi connectivity index (χ2v) is 7.69. The third-order valence-corrected chi connectivity index (χ3v) is 5.32. The highest BCUT2D eigenvalue weighted by atomic mass is 16.6. The molecule has 1 aliphatic heterocycles. The van der Waals surface area contributed by atoms with Crippen molar-refractivity contribution in [2.45, 2.75) is 44.4 Å². The molecule has 1 heterocycles. The molecule has 2 N–H and O–H groups in total. The molecular formula is C26H27NO5. The lowest BCUT2D eigenvalue weighted by molar-refractivity contribution is -0.208. The molecule has 0 aliphatic carbocycles. The zero-order valence-corrected chi connectivity index (χ0v) is 17.7. The minimum Gasteiger partial charge on any atom is -0.371 e. The molecule has 32 heavy (non-hydrogen) atoms. The number of carbonyl (C=O) groups is 1. The Morgan fingerprint density at radius 2 is 1.03 bits per heavy atom. The molecule has 0 aromatic heterocycles. The average Bonchev–Trinajstić information content (AvgIpc) is 2.83. The number of nitrogens with one attached hydrogen (secondary N) is 1. The Kier molecular flexibility index (Phi) is 7.64. The molecule has 4 rings (SSSR count). The van der Waals surface area contributed by atoms with E-state index in [0.29, 0.717) is 0 Å². The fraction of sp³-hybridized carbons (Fsp3) is 0.269. The first-order valence-corrected chi connectivity index (χ1v) is 10.7. The standard InChI is InChI=1S/C26H27NO5/c28-25-23(31-17-20-12-6-2-7-13-20)22(30-16-19-10-4-1-5-11-19)24(26(29)27-25)32-18-21-14-8-3-9-15-21/h1-15,22-25,28H,16-18H2,(H,27,29)/t22-,23-,24+,25-/m0/s1. The molecule has 0 radical (unpaired) electrons. The van der Waals surface area contributed by atoms with Crippen molar-refractivity contribution in [1.82, 2.24) is 5.32 Å². The molecule has 3 aromatic carbocycles. The molecule has 0 unspecified atom stereocenters. The Balaban J connectivity index is 1.51. The summed E-state index contributed by atoms with van der Waals surface area (Å²) in [4.78, 5) is 12.7. The number of benzene rings is 3. The van der Waals surface area contributed by atoms with E-state index in [0.717, 1.165) is 16.7 Å². The number of hydrogen-bond donors (Lipinski definition) is 2. The van der Waals surface area contributed by atoms with E-state index in [-0.39, 0.29) is 19.8 Å². The summed E-state index contributed by atoms with van der Waals surface area (Å²) in [5.41, 5.74) is 2.85. The van der Waals surface area contributed by atoms with Crippen LogP contribution in [0.4, 0.5) is 0 Å². The second kappa shape index (κ2) is 11.0. The number of piperidine rings is 1. The number of carbonyl (C=O) groups excluding carboxylic acids is 1. The van der Waals surface area contributed by atoms with Gasteiger partial charge in [0.25, 0.3) is 5.91 Å². The maximum Gasteiger partial charge on any atom is 0.254 e. The summed E-state index contributed by atoms with van der Waals surface area (Å²) in [5, 5.41) is 13.2. The van der Waals surface area contributed by atoms with E-state index >= 15 is 0 Å². The summed E-state index contributed by atoms with van der Waals surface area (Å²) in [7, 11) is 0. The lowest BCUT2D eigenvalue weighted by Gasteiger charge is -2.40. The molecule has 166 valence electrons. The number of aliphatic hydroxyl groups is 1. The molecule has 1 aliphatic rings. The fourth-order valence-corrected chi connectivity index (χ4v) is 3.64. The molecule has 1 saturated heterocycles. The van der Waals surface area contributed by atoms with Crippen LogP contribution in [0.2, 0.25) is 0 Å². The van der Waals surface area contributed by atoms with Crippen molar-refractivity contribution in [2.75, 3.05) is 0 Å². The molecule has 0 bridgehead atoms. The summed E-state index contributed by atoms with van der Waals surface area (Å²) in [5.74, 6) is -0.425. The maximum absolute atomic E-state index is 12.7. The van der Waals surface area contributed by atoms with E-state index in [9.17, 15) is 9.90 Å². The van der Waals surface area contributed by atoms with Gasteiger partial charge in [-0.3, -0.25) is 4.79 Å². The largest absolute Gasteiger partial charge is 0.371 e. The first-order valence-electron chi connectivity index (χ1n) is 10.7. The third-order valence-electron chi connectivity index (χ3n) is 5.32. The average molecular weight is 434 g/mol. The van der Waals surface area contributed by atoms with Crippen LogP contribution in [0, 0.1) is 0 Å². The van der Waals surface area contributed by atoms with E-state index in [2.05, 4.69) is 5.32 Å². The smallest absolute Gasteiger partial charge is 0.254 e. The van der Waals surface area contributed by atoms with Gasteiger partial charge in [0.2, 0.25) is 0 Å². The number of ether oxygens (including phenoxy) is 3. The lowest BCUT2D eigenvalue weighted by Crippen LogP contribution is -2.64. The minimum atomic E-state index is -1.21. The SMILES string of the molecule is O=C1N[C@@H](O)[C@@H](OCc2ccccc2)[C@H](OCc2ccccc2)[C@H]1OCc1ccccc1. The zero-order chi connectivity index (χ0) is 22.2. The molecule has 1 amide bonds. The first kappa shape index (κ1) is 22.2. The molecule has 0 spiro atoms. The van der Waals surface area contributed by atoms with Crippen LogP contribution in [-0.2, 0) is 38.8 Å². The first-order chi connectivity index (χ1) is 15.7. The van der Waals surface area contributed by atoms with E-state index in [1.54, 1.807) is 0 Å². The monoisotopic (exact) mass is 433 g/mol. The van der Waals surface area contributed by atoms with Crippen molar-refractivity contribution in [3.63, 3.8) is 0 Å². The predicted molar refractivity (Wildman–Crippen MR) is 119 cm³/mol. The summed E-state index contributed by atoms with van der Waals surface area (Å²) < 4.78 is 18.2. The van der Waals surface area contributed by atoms with Crippen LogP contribution in [0.1, 0.15) is 16.7 Å². The van der Waals surface area contributed by atoms with Crippen molar-refractivity contribution in [3.05, 3.63) is 108 Å². The second-order valence-electron chi connectivity index (χ2n) is 7.69. The summed E-state index contributed by atoms with van der Waals surface area (Å²) in [6.07, 6.45) is -3.71. The highest BCUT2D eigenvalue weighted by Crippen LogP contribution is 2.23. The van der Waals surface area contributed by atoms with Gasteiger partial charge in [-0.1, -0.05) is 91.0 Å². The molecule has 6 nitrogen and oxygen atoms in total. The Hall–Kier alpha value is -3.03. The molecular weight excluding hydrogens is 406 g/mol. The Morgan fingerprint density at radius 3 is 1.50 bits per heavy atom. The highest BCUT2D eigenvalue weighted by Gasteiger charge is 2.46. The molecule has 6 heteroatoms. The number of aliphatic hydroxyl groups excluding tert-OH is 1. The van der Waals surface area contributed by atoms with Crippen molar-refractivity contribution in [3.8, 4) is 0 Å². The predicted octanol–water partition coefficient (Wildman–Crippen LogP) is 3.19. The van der Waals surface area contributed by atoms with Gasteiger partial charge < -0.3 is 24.6 Å². The van der Waals surface area contributed by atoms with E-state index in [1.165, 1.54) is 0 Å². The van der Waals surface area contributed by atoms with Gasteiger partial charge in [-0.15, -0.1) is 0 Å². The van der Waals surface area contributed by atoms with Crippen LogP contribution in [0.3, 0.4) is 0 Å². The maximum atomic E-state index is 12.7. The van der Waals surface area contributed by atoms with Crippen LogP contribution in [0.25, 0.3) is 0 Å². The van der Waals surface area contributed by atoms with E-state index in [4.69, 9.17) is 14.2 Å². The number of hydrogen-bond acceptors (Lipinski definition) is 5. The van der Waals surface area contributed by atoms with Gasteiger partial charge in [0.15, 0.2) is 12.3 Å². The number of amides is 1. The van der Waals surface area contributed by atoms with Crippen LogP contribution < -0.4 is 5.32 Å². The Bertz CT molecular complexity index is 967. The summed E-state index contributed by atoms with van der Waals surface area (Å²) in [6.45, 7) is 0.780. The summed E-state index contributed by atoms with van der Waals surface area (Å²) >= 11 is 0. The normalized spacial score (nSPS) is 23.0. The molecule has 3 aromatic rings. The lowest BCUT2D eigenvalue weighted by atomic mass is 10.00. The zero-order valence-electron chi connectivity index (χ0n) is 17.7. The van der Waals surface area contributed by atoms with Gasteiger partial charge in [0.05, 0.1) is 19.8 Å². The van der Waals surface area contributed by atoms with Crippen LogP contribution in [-0.4, -0.2) is 35.6 Å². The molecule has 4 atom stereocenters. The van der Waals surface area contributed by atoms with Crippen molar-refractivity contribution in [1.29, 1.82) is 0 Å². The van der Waals surface area contributed by atoms with Crippen LogP contribution in [0.15, 0.2) is 91.0 Å². The topological polar surface area (TPSA) is 77.0 Å². The minimum absolute atomic E-state index is 0.242. The fourth-order valence-electron chi connectivity index (χ4n) is 3.64. The van der Waals surface area contributed by atoms with Gasteiger partial charge in [-0.2, -0.15) is 0 Å². The van der Waals surface area contributed by atoms with Gasteiger partial charge in [0.1, 0.15) is 12.2 Å². The van der Waals surface area contributed by atoms with Gasteiger partial charge >= 0.3 is 0 Å². The number of rotatable bonds is 9. The van der Waals surface area contributed by atoms with E-state index < -0.39 is 30.4 Å². The highest BCUT2D eigenvalue weighted by molar-refractivity contribution is 5.82. The third kappa shape index (κ3) is 5.81. The Morgan fingerprint density at radius 1 is 0.625 bits per heavy atom. The van der Waals surface area contributed by atoms with Gasteiger partial charge in [-0.25, -0.2) is 0 Å². The molecule has 0 saturated carbocycles. The van der Waals surface area contributed by atoms with Crippen molar-refractivity contribution < 1.29 is 24.1 Å². The van der Waals surface area contributed by atoms with Crippen molar-refractivity contribution >= 4 is 5.91 Å². The van der Waals surface area contributed by atoms with Crippen LogP contribution >= 0.6 is 0 Å². The quantitative estimate of drug-likeness (QED) is 0.542. The van der Waals surface area contributed by atoms with Crippen molar-refractivity contribution in [2.24, 2.45) is 0 Å². The van der Waals surface area contributed by atoms with Crippen LogP contribution in [0.5, 0.6) is 0 Å². The summed E-state index contributed by atoms with van der Waals surface area (Å²) in [6, 6.07) is 28.9.